The highest BCUT2D eigenvalue weighted by Gasteiger charge is 2.73. The van der Waals surface area contributed by atoms with Crippen LogP contribution in [0.1, 0.15) is 83.9 Å². The number of hydrogen-bond donors (Lipinski definition) is 0. The molecule has 2 saturated heterocycles. The number of imide groups is 2. The highest BCUT2D eigenvalue weighted by atomic mass is 19.4. The van der Waals surface area contributed by atoms with E-state index in [0.717, 1.165) is 65.4 Å². The van der Waals surface area contributed by atoms with Crippen molar-refractivity contribution < 1.29 is 55.0 Å². The maximum absolute atomic E-state index is 15.0. The number of ether oxygens (including phenoxy) is 2. The third-order valence-corrected chi connectivity index (χ3v) is 14.5. The molecule has 4 amide bonds. The lowest BCUT2D eigenvalue weighted by Gasteiger charge is -2.48. The van der Waals surface area contributed by atoms with E-state index >= 15 is 0 Å². The van der Waals surface area contributed by atoms with Crippen LogP contribution in [0, 0.1) is 35.5 Å². The Morgan fingerprint density at radius 1 is 0.492 bits per heavy atom. The number of alkyl halides is 6. The third kappa shape index (κ3) is 6.89. The summed E-state index contributed by atoms with van der Waals surface area (Å²) in [7, 11) is 0. The van der Waals surface area contributed by atoms with Gasteiger partial charge in [0.2, 0.25) is 29.0 Å². The first kappa shape index (κ1) is 44.0. The van der Waals surface area contributed by atoms with Crippen molar-refractivity contribution in [2.75, 3.05) is 4.90 Å². The Morgan fingerprint density at radius 3 is 1.16 bits per heavy atom. The molecular formula is C49H48F6N2O6. The first-order valence-corrected chi connectivity index (χ1v) is 21.2. The van der Waals surface area contributed by atoms with Crippen LogP contribution in [-0.2, 0) is 30.0 Å². The van der Waals surface area contributed by atoms with E-state index in [1.54, 1.807) is 12.1 Å². The maximum Gasteiger partial charge on any atom is 0.411 e. The van der Waals surface area contributed by atoms with Gasteiger partial charge >= 0.3 is 12.4 Å². The Bertz CT molecular complexity index is 2360. The average Bonchev–Trinajstić information content (AvgIpc) is 3.68. The van der Waals surface area contributed by atoms with E-state index in [1.165, 1.54) is 29.2 Å². The van der Waals surface area contributed by atoms with Crippen molar-refractivity contribution in [3.8, 4) is 23.0 Å². The van der Waals surface area contributed by atoms with E-state index in [4.69, 9.17) is 9.47 Å². The maximum atomic E-state index is 15.0. The monoisotopic (exact) mass is 874 g/mol. The molecule has 2 bridgehead atoms. The summed E-state index contributed by atoms with van der Waals surface area (Å²) in [5.74, 6) is -4.72. The fourth-order valence-corrected chi connectivity index (χ4v) is 10.4. The second-order valence-electron chi connectivity index (χ2n) is 18.5. The molecule has 63 heavy (non-hydrogen) atoms. The van der Waals surface area contributed by atoms with Crippen LogP contribution in [0.3, 0.4) is 0 Å². The molecule has 2 aliphatic heterocycles. The molecular weight excluding hydrogens is 827 g/mol. The Balaban J connectivity index is 0.994. The predicted octanol–water partition coefficient (Wildman–Crippen LogP) is 11.3. The highest BCUT2D eigenvalue weighted by Crippen LogP contribution is 2.62. The summed E-state index contributed by atoms with van der Waals surface area (Å²) in [6.07, 6.45) is -9.10. The predicted molar refractivity (Wildman–Crippen MR) is 221 cm³/mol. The molecule has 0 spiro atoms. The van der Waals surface area contributed by atoms with Crippen LogP contribution in [-0.4, -0.2) is 46.4 Å². The number of benzene rings is 4. The summed E-state index contributed by atoms with van der Waals surface area (Å²) in [5, 5.41) is 0. The molecule has 3 saturated carbocycles. The molecule has 14 heteroatoms. The summed E-state index contributed by atoms with van der Waals surface area (Å²) >= 11 is 0. The van der Waals surface area contributed by atoms with Gasteiger partial charge in [0.05, 0.1) is 29.4 Å². The van der Waals surface area contributed by atoms with E-state index in [0.29, 0.717) is 25.0 Å². The van der Waals surface area contributed by atoms with Crippen molar-refractivity contribution >= 4 is 29.3 Å². The molecule has 4 aromatic rings. The lowest BCUT2D eigenvalue weighted by atomic mass is 9.51. The van der Waals surface area contributed by atoms with Crippen LogP contribution >= 0.6 is 0 Å². The number of hydrogen-bond acceptors (Lipinski definition) is 6. The number of carbonyl (C=O) groups excluding carboxylic acids is 4. The van der Waals surface area contributed by atoms with Crippen molar-refractivity contribution in [3.05, 3.63) is 114 Å². The first-order valence-electron chi connectivity index (χ1n) is 21.2. The van der Waals surface area contributed by atoms with Gasteiger partial charge in [0.1, 0.15) is 23.0 Å². The number of halogens is 6. The van der Waals surface area contributed by atoms with Crippen molar-refractivity contribution in [1.29, 1.82) is 0 Å². The van der Waals surface area contributed by atoms with Crippen molar-refractivity contribution in [2.45, 2.75) is 95.9 Å². The van der Waals surface area contributed by atoms with E-state index in [9.17, 15) is 45.5 Å². The number of nitrogens with zero attached hydrogens (tertiary/aromatic N) is 2. The number of amides is 4. The van der Waals surface area contributed by atoms with Gasteiger partial charge in [-0.3, -0.25) is 29.0 Å². The second-order valence-corrected chi connectivity index (χ2v) is 18.5. The van der Waals surface area contributed by atoms with Crippen LogP contribution in [0.4, 0.5) is 32.0 Å². The molecule has 0 radical (unpaired) electrons. The number of carbonyl (C=O) groups is 4. The summed E-state index contributed by atoms with van der Waals surface area (Å²) in [6, 6.07) is 20.0. The number of likely N-dealkylation sites (tertiary alicyclic amines) is 1. The zero-order valence-corrected chi connectivity index (χ0v) is 35.6. The van der Waals surface area contributed by atoms with Gasteiger partial charge in [-0.25, -0.2) is 0 Å². The highest BCUT2D eigenvalue weighted by molar-refractivity contribution is 6.23. The fourth-order valence-electron chi connectivity index (χ4n) is 10.4. The van der Waals surface area contributed by atoms with Crippen molar-refractivity contribution in [2.24, 2.45) is 35.5 Å². The minimum atomic E-state index is -5.81. The minimum absolute atomic E-state index is 0.0523. The standard InChI is InChI=1S/C49H48F6N2O6/c1-7-45(3,4)27-9-17-31(18-10-27)62-32-19-11-28(12-20-32)47(48(50,51)52,49(53,54)55)29-13-21-33(22-14-29)63-34-23-15-30(16-24-34)56-41(58)37-35-25-26-36(38(37)42(56)59)40-39(35)43(60)57(44(40)61)46(5,6)8-2/h9-24,35-40H,7-8,25-26H2,1-6H3. The Kier molecular flexibility index (Phi) is 10.6. The van der Waals surface area contributed by atoms with Gasteiger partial charge in [-0.15, -0.1) is 0 Å². The fraction of sp³-hybridized carbons (Fsp3) is 0.429. The molecule has 3 aliphatic carbocycles. The molecule has 5 aliphatic rings. The second kappa shape index (κ2) is 15.3. The summed E-state index contributed by atoms with van der Waals surface area (Å²) in [5.41, 5.74) is -6.06. The molecule has 9 rings (SSSR count). The molecule has 8 nitrogen and oxygen atoms in total. The molecule has 6 unspecified atom stereocenters. The van der Waals surface area contributed by atoms with Crippen molar-refractivity contribution in [1.82, 2.24) is 4.90 Å². The molecule has 2 heterocycles. The van der Waals surface area contributed by atoms with E-state index in [1.807, 2.05) is 32.9 Å². The summed E-state index contributed by atoms with van der Waals surface area (Å²) in [4.78, 5) is 58.0. The van der Waals surface area contributed by atoms with Crippen LogP contribution in [0.15, 0.2) is 97.1 Å². The molecule has 0 N–H and O–H groups in total. The molecule has 4 aromatic carbocycles. The van der Waals surface area contributed by atoms with Gasteiger partial charge in [0.15, 0.2) is 0 Å². The third-order valence-electron chi connectivity index (χ3n) is 14.5. The molecule has 332 valence electrons. The zero-order valence-electron chi connectivity index (χ0n) is 35.6. The zero-order chi connectivity index (χ0) is 45.6. The van der Waals surface area contributed by atoms with Gasteiger partial charge < -0.3 is 9.47 Å². The Hall–Kier alpha value is -5.66. The minimum Gasteiger partial charge on any atom is -0.457 e. The number of anilines is 1. The Morgan fingerprint density at radius 2 is 0.825 bits per heavy atom. The smallest absolute Gasteiger partial charge is 0.411 e. The summed E-state index contributed by atoms with van der Waals surface area (Å²) in [6.45, 7) is 11.8. The summed E-state index contributed by atoms with van der Waals surface area (Å²) < 4.78 is 101. The van der Waals surface area contributed by atoms with Crippen molar-refractivity contribution in [3.63, 3.8) is 0 Å². The SMILES string of the molecule is CCC(C)(C)c1ccc(Oc2ccc(C(c3ccc(Oc4ccc(N5C(=O)C6C7CCC(C6C5=O)C5C(=O)N(C(C)(C)CC)C(=O)C75)cc4)cc3)(C(F)(F)F)C(F)(F)F)cc2)cc1. The van der Waals surface area contributed by atoms with Crippen LogP contribution in [0.5, 0.6) is 23.0 Å². The van der Waals surface area contributed by atoms with Crippen LogP contribution < -0.4 is 14.4 Å². The van der Waals surface area contributed by atoms with Crippen LogP contribution in [0.25, 0.3) is 0 Å². The quantitative estimate of drug-likeness (QED) is 0.110. The number of rotatable bonds is 11. The Labute approximate surface area is 361 Å². The lowest BCUT2D eigenvalue weighted by Crippen LogP contribution is -2.54. The van der Waals surface area contributed by atoms with Gasteiger partial charge in [-0.2, -0.15) is 26.3 Å². The normalized spacial score (nSPS) is 23.9. The first-order chi connectivity index (χ1) is 29.6. The van der Waals surface area contributed by atoms with E-state index in [-0.39, 0.29) is 40.2 Å². The van der Waals surface area contributed by atoms with Gasteiger partial charge in [-0.05, 0) is 134 Å². The van der Waals surface area contributed by atoms with Gasteiger partial charge in [-0.1, -0.05) is 64.1 Å². The number of fused-ring (bicyclic) bond motifs is 1. The molecule has 6 atom stereocenters. The largest absolute Gasteiger partial charge is 0.457 e. The van der Waals surface area contributed by atoms with E-state index in [2.05, 4.69) is 20.8 Å². The average molecular weight is 875 g/mol. The lowest BCUT2D eigenvalue weighted by molar-refractivity contribution is -0.288. The van der Waals surface area contributed by atoms with Gasteiger partial charge in [0.25, 0.3) is 0 Å². The van der Waals surface area contributed by atoms with E-state index < -0.39 is 81.8 Å². The van der Waals surface area contributed by atoms with Gasteiger partial charge in [0, 0.05) is 5.54 Å². The van der Waals surface area contributed by atoms with Crippen LogP contribution in [0.2, 0.25) is 0 Å². The topological polar surface area (TPSA) is 93.2 Å². The molecule has 0 aromatic heterocycles. The molecule has 5 fully saturated rings.